The number of pyridine rings is 1. The van der Waals surface area contributed by atoms with E-state index in [1.165, 1.54) is 32.1 Å². The molecule has 1 atom stereocenters. The highest BCUT2D eigenvalue weighted by molar-refractivity contribution is 8.01. The zero-order valence-electron chi connectivity index (χ0n) is 10.8. The summed E-state index contributed by atoms with van der Waals surface area (Å²) in [7, 11) is 0. The normalized spacial score (nSPS) is 18.3. The smallest absolute Gasteiger partial charge is 0.237 e. The van der Waals surface area contributed by atoms with Crippen LogP contribution in [0.25, 0.3) is 0 Å². The number of hydrogen-bond acceptors (Lipinski definition) is 3. The lowest BCUT2D eigenvalue weighted by molar-refractivity contribution is -0.115. The van der Waals surface area contributed by atoms with Gasteiger partial charge in [0.25, 0.3) is 0 Å². The number of anilines is 1. The maximum atomic E-state index is 12.0. The number of rotatable bonds is 4. The zero-order chi connectivity index (χ0) is 12.8. The first kappa shape index (κ1) is 13.4. The number of amides is 1. The Kier molecular flexibility index (Phi) is 5.05. The molecule has 0 saturated heterocycles. The number of nitrogens with one attached hydrogen (secondary N) is 1. The lowest BCUT2D eigenvalue weighted by atomic mass is 10.0. The van der Waals surface area contributed by atoms with E-state index >= 15 is 0 Å². The monoisotopic (exact) mass is 264 g/mol. The lowest BCUT2D eigenvalue weighted by Gasteiger charge is -2.23. The number of nitrogens with zero attached hydrogens (tertiary/aromatic N) is 1. The molecule has 3 nitrogen and oxygen atoms in total. The van der Waals surface area contributed by atoms with Crippen molar-refractivity contribution < 1.29 is 4.79 Å². The quantitative estimate of drug-likeness (QED) is 0.905. The van der Waals surface area contributed by atoms with Gasteiger partial charge in [0.2, 0.25) is 5.91 Å². The minimum absolute atomic E-state index is 0.00769. The van der Waals surface area contributed by atoms with Crippen molar-refractivity contribution in [1.29, 1.82) is 0 Å². The van der Waals surface area contributed by atoms with Crippen molar-refractivity contribution in [2.24, 2.45) is 0 Å². The maximum Gasteiger partial charge on any atom is 0.237 e. The molecule has 1 aliphatic carbocycles. The lowest BCUT2D eigenvalue weighted by Crippen LogP contribution is -2.25. The van der Waals surface area contributed by atoms with Crippen molar-refractivity contribution in [3.63, 3.8) is 0 Å². The second kappa shape index (κ2) is 6.78. The molecular formula is C14H20N2OS. The number of aromatic nitrogens is 1. The molecule has 1 aromatic rings. The predicted molar refractivity (Wildman–Crippen MR) is 76.8 cm³/mol. The van der Waals surface area contributed by atoms with Gasteiger partial charge in [-0.15, -0.1) is 11.8 Å². The van der Waals surface area contributed by atoms with E-state index in [0.29, 0.717) is 5.25 Å². The van der Waals surface area contributed by atoms with Gasteiger partial charge in [-0.25, -0.2) is 0 Å². The van der Waals surface area contributed by atoms with Crippen molar-refractivity contribution in [2.45, 2.75) is 49.5 Å². The van der Waals surface area contributed by atoms with Crippen LogP contribution in [0.1, 0.15) is 39.0 Å². The SMILES string of the molecule is CC(SC1CCCCC1)C(=O)Nc1cccnc1. The molecule has 1 saturated carbocycles. The van der Waals surface area contributed by atoms with Crippen molar-refractivity contribution in [1.82, 2.24) is 4.98 Å². The molecule has 1 amide bonds. The van der Waals surface area contributed by atoms with Gasteiger partial charge in [-0.05, 0) is 31.9 Å². The topological polar surface area (TPSA) is 42.0 Å². The Morgan fingerprint density at radius 2 is 2.22 bits per heavy atom. The molecule has 1 fully saturated rings. The summed E-state index contributed by atoms with van der Waals surface area (Å²) in [6, 6.07) is 3.69. The molecule has 1 heterocycles. The minimum Gasteiger partial charge on any atom is -0.324 e. The summed E-state index contributed by atoms with van der Waals surface area (Å²) in [5.74, 6) is 0.0820. The maximum absolute atomic E-state index is 12.0. The van der Waals surface area contributed by atoms with E-state index in [-0.39, 0.29) is 11.2 Å². The number of carbonyl (C=O) groups is 1. The first-order valence-corrected chi connectivity index (χ1v) is 7.56. The van der Waals surface area contributed by atoms with E-state index in [0.717, 1.165) is 5.69 Å². The Balaban J connectivity index is 1.81. The van der Waals surface area contributed by atoms with Crippen molar-refractivity contribution in [3.8, 4) is 0 Å². The van der Waals surface area contributed by atoms with Crippen LogP contribution in [0.5, 0.6) is 0 Å². The molecule has 1 aromatic heterocycles. The Morgan fingerprint density at radius 3 is 2.89 bits per heavy atom. The third kappa shape index (κ3) is 4.02. The second-order valence-corrected chi connectivity index (χ2v) is 6.42. The predicted octanol–water partition coefficient (Wildman–Crippen LogP) is 3.47. The van der Waals surface area contributed by atoms with Gasteiger partial charge >= 0.3 is 0 Å². The van der Waals surface area contributed by atoms with Gasteiger partial charge in [0.05, 0.1) is 17.1 Å². The van der Waals surface area contributed by atoms with Gasteiger partial charge < -0.3 is 5.32 Å². The van der Waals surface area contributed by atoms with Gasteiger partial charge in [-0.3, -0.25) is 9.78 Å². The zero-order valence-corrected chi connectivity index (χ0v) is 11.6. The summed E-state index contributed by atoms with van der Waals surface area (Å²) in [6.45, 7) is 1.99. The molecule has 2 rings (SSSR count). The average Bonchev–Trinajstić information content (AvgIpc) is 2.41. The Hall–Kier alpha value is -1.03. The summed E-state index contributed by atoms with van der Waals surface area (Å²) in [6.07, 6.45) is 9.88. The Bertz CT molecular complexity index is 377. The molecule has 0 radical (unpaired) electrons. The fraction of sp³-hybridized carbons (Fsp3) is 0.571. The highest BCUT2D eigenvalue weighted by Gasteiger charge is 2.21. The van der Waals surface area contributed by atoms with Gasteiger partial charge in [0.15, 0.2) is 0 Å². The van der Waals surface area contributed by atoms with Crippen molar-refractivity contribution in [2.75, 3.05) is 5.32 Å². The molecular weight excluding hydrogens is 244 g/mol. The van der Waals surface area contributed by atoms with Gasteiger partial charge in [0.1, 0.15) is 0 Å². The van der Waals surface area contributed by atoms with E-state index in [4.69, 9.17) is 0 Å². The summed E-state index contributed by atoms with van der Waals surface area (Å²) in [5.41, 5.74) is 0.776. The van der Waals surface area contributed by atoms with E-state index in [9.17, 15) is 4.79 Å². The van der Waals surface area contributed by atoms with E-state index in [2.05, 4.69) is 10.3 Å². The van der Waals surface area contributed by atoms with E-state index in [1.807, 2.05) is 30.8 Å². The van der Waals surface area contributed by atoms with Crippen LogP contribution in [0.3, 0.4) is 0 Å². The Morgan fingerprint density at radius 1 is 1.44 bits per heavy atom. The van der Waals surface area contributed by atoms with Crippen LogP contribution in [0.15, 0.2) is 24.5 Å². The molecule has 0 aromatic carbocycles. The van der Waals surface area contributed by atoms with E-state index < -0.39 is 0 Å². The van der Waals surface area contributed by atoms with Crippen LogP contribution < -0.4 is 5.32 Å². The van der Waals surface area contributed by atoms with Crippen LogP contribution in [-0.4, -0.2) is 21.4 Å². The van der Waals surface area contributed by atoms with Gasteiger partial charge in [0, 0.05) is 11.4 Å². The summed E-state index contributed by atoms with van der Waals surface area (Å²) in [5, 5.41) is 3.58. The molecule has 4 heteroatoms. The van der Waals surface area contributed by atoms with Crippen LogP contribution in [-0.2, 0) is 4.79 Å². The molecule has 0 aliphatic heterocycles. The minimum atomic E-state index is 0.00769. The molecule has 98 valence electrons. The molecule has 18 heavy (non-hydrogen) atoms. The van der Waals surface area contributed by atoms with E-state index in [1.54, 1.807) is 12.4 Å². The fourth-order valence-corrected chi connectivity index (χ4v) is 3.60. The number of hydrogen-bond donors (Lipinski definition) is 1. The first-order valence-electron chi connectivity index (χ1n) is 6.62. The number of thioether (sulfide) groups is 1. The number of carbonyl (C=O) groups excluding carboxylic acids is 1. The molecule has 1 aliphatic rings. The molecule has 0 bridgehead atoms. The summed E-state index contributed by atoms with van der Waals surface area (Å²) in [4.78, 5) is 16.0. The third-order valence-corrected chi connectivity index (χ3v) is 4.73. The van der Waals surface area contributed by atoms with Crippen LogP contribution >= 0.6 is 11.8 Å². The van der Waals surface area contributed by atoms with Crippen LogP contribution in [0.4, 0.5) is 5.69 Å². The van der Waals surface area contributed by atoms with Crippen molar-refractivity contribution >= 4 is 23.4 Å². The highest BCUT2D eigenvalue weighted by atomic mass is 32.2. The van der Waals surface area contributed by atoms with Gasteiger partial charge in [-0.1, -0.05) is 19.3 Å². The second-order valence-electron chi connectivity index (χ2n) is 4.77. The third-order valence-electron chi connectivity index (χ3n) is 3.25. The first-order chi connectivity index (χ1) is 8.75. The Labute approximate surface area is 113 Å². The molecule has 1 unspecified atom stereocenters. The summed E-state index contributed by atoms with van der Waals surface area (Å²) >= 11 is 1.82. The van der Waals surface area contributed by atoms with Crippen LogP contribution in [0.2, 0.25) is 0 Å². The average molecular weight is 264 g/mol. The highest BCUT2D eigenvalue weighted by Crippen LogP contribution is 2.31. The van der Waals surface area contributed by atoms with Crippen LogP contribution in [0, 0.1) is 0 Å². The fourth-order valence-electron chi connectivity index (χ4n) is 2.23. The molecule has 0 spiro atoms. The summed E-state index contributed by atoms with van der Waals surface area (Å²) < 4.78 is 0. The standard InChI is InChI=1S/C14H20N2OS/c1-11(18-13-7-3-2-4-8-13)14(17)16-12-6-5-9-15-10-12/h5-6,9-11,13H,2-4,7-8H2,1H3,(H,16,17). The van der Waals surface area contributed by atoms with Crippen molar-refractivity contribution in [3.05, 3.63) is 24.5 Å². The van der Waals surface area contributed by atoms with Gasteiger partial charge in [-0.2, -0.15) is 0 Å². The molecule has 1 N–H and O–H groups in total. The largest absolute Gasteiger partial charge is 0.324 e.